The van der Waals surface area contributed by atoms with Crippen LogP contribution in [0, 0.1) is 0 Å². The lowest BCUT2D eigenvalue weighted by molar-refractivity contribution is -0.123. The number of methoxy groups -OCH3 is 3. The smallest absolute Gasteiger partial charge is 0.277 e. The van der Waals surface area contributed by atoms with Crippen LogP contribution in [-0.2, 0) is 4.79 Å². The highest BCUT2D eigenvalue weighted by Gasteiger charge is 2.14. The van der Waals surface area contributed by atoms with E-state index in [1.165, 1.54) is 52.5 Å². The molecule has 0 spiro atoms. The number of hydrogen-bond donors (Lipinski definition) is 1. The van der Waals surface area contributed by atoms with Crippen molar-refractivity contribution in [3.05, 3.63) is 42.0 Å². The van der Waals surface area contributed by atoms with Gasteiger partial charge >= 0.3 is 0 Å². The maximum Gasteiger partial charge on any atom is 0.277 e. The minimum Gasteiger partial charge on any atom is -0.494 e. The molecule has 0 aliphatic rings. The molecule has 0 saturated carbocycles. The Bertz CT molecular complexity index is 899. The topological polar surface area (TPSA) is 87.6 Å². The van der Waals surface area contributed by atoms with Crippen molar-refractivity contribution in [3.63, 3.8) is 0 Å². The Labute approximate surface area is 202 Å². The number of hydrogen-bond acceptors (Lipinski definition) is 7. The molecule has 8 heteroatoms. The molecule has 0 aliphatic heterocycles. The summed E-state index contributed by atoms with van der Waals surface area (Å²) >= 11 is 0. The molecule has 0 saturated heterocycles. The molecular weight excluding hydrogens is 436 g/mol. The van der Waals surface area contributed by atoms with Gasteiger partial charge in [0.05, 0.1) is 34.2 Å². The summed E-state index contributed by atoms with van der Waals surface area (Å²) in [6.07, 6.45) is 8.83. The van der Waals surface area contributed by atoms with Crippen molar-refractivity contribution in [3.8, 4) is 28.7 Å². The summed E-state index contributed by atoms with van der Waals surface area (Å²) in [6, 6.07) is 10.7. The number of unbranched alkanes of at least 4 members (excludes halogenated alkanes) is 5. The first-order chi connectivity index (χ1) is 16.6. The Hall–Kier alpha value is -3.42. The third-order valence-electron chi connectivity index (χ3n) is 5.09. The standard InChI is InChI=1S/C26H36N2O6/c1-5-6-7-8-9-10-17-33-21-12-14-22(15-13-21)34-19-24(29)28-27-18-20-11-16-23(30-2)26(32-4)25(20)31-3/h11-16,18H,5-10,17,19H2,1-4H3,(H,28,29)/b27-18-. The van der Waals surface area contributed by atoms with E-state index in [4.69, 9.17) is 23.7 Å². The molecule has 2 aromatic rings. The normalized spacial score (nSPS) is 10.7. The van der Waals surface area contributed by atoms with Crippen molar-refractivity contribution in [1.29, 1.82) is 0 Å². The van der Waals surface area contributed by atoms with Gasteiger partial charge in [-0.1, -0.05) is 39.0 Å². The van der Waals surface area contributed by atoms with Crippen molar-refractivity contribution < 1.29 is 28.5 Å². The molecule has 34 heavy (non-hydrogen) atoms. The van der Waals surface area contributed by atoms with Crippen LogP contribution in [0.15, 0.2) is 41.5 Å². The first kappa shape index (κ1) is 26.8. The number of amides is 1. The molecule has 8 nitrogen and oxygen atoms in total. The Morgan fingerprint density at radius 3 is 2.12 bits per heavy atom. The first-order valence-electron chi connectivity index (χ1n) is 11.6. The maximum absolute atomic E-state index is 12.1. The van der Waals surface area contributed by atoms with Gasteiger partial charge in [0.2, 0.25) is 5.75 Å². The van der Waals surface area contributed by atoms with E-state index in [9.17, 15) is 4.79 Å². The molecule has 0 fully saturated rings. The van der Waals surface area contributed by atoms with Crippen LogP contribution in [0.3, 0.4) is 0 Å². The van der Waals surface area contributed by atoms with E-state index in [2.05, 4.69) is 17.5 Å². The number of carbonyl (C=O) groups is 1. The minimum absolute atomic E-state index is 0.168. The predicted molar refractivity (Wildman–Crippen MR) is 133 cm³/mol. The summed E-state index contributed by atoms with van der Waals surface area (Å²) in [5.41, 5.74) is 3.06. The summed E-state index contributed by atoms with van der Waals surface area (Å²) < 4.78 is 27.3. The van der Waals surface area contributed by atoms with E-state index >= 15 is 0 Å². The Balaban J connectivity index is 1.74. The second kappa shape index (κ2) is 15.4. The number of nitrogens with zero attached hydrogens (tertiary/aromatic N) is 1. The quantitative estimate of drug-likeness (QED) is 0.211. The molecule has 0 aliphatic carbocycles. The summed E-state index contributed by atoms with van der Waals surface area (Å²) in [5.74, 6) is 2.41. The molecule has 2 aromatic carbocycles. The average Bonchev–Trinajstić information content (AvgIpc) is 2.87. The van der Waals surface area contributed by atoms with Gasteiger partial charge in [-0.05, 0) is 42.8 Å². The number of nitrogens with one attached hydrogen (secondary N) is 1. The van der Waals surface area contributed by atoms with E-state index in [1.807, 2.05) is 12.1 Å². The molecule has 2 rings (SSSR count). The monoisotopic (exact) mass is 472 g/mol. The van der Waals surface area contributed by atoms with Crippen LogP contribution >= 0.6 is 0 Å². The lowest BCUT2D eigenvalue weighted by Crippen LogP contribution is -2.24. The highest BCUT2D eigenvalue weighted by atomic mass is 16.5. The van der Waals surface area contributed by atoms with Gasteiger partial charge in [0.25, 0.3) is 5.91 Å². The lowest BCUT2D eigenvalue weighted by atomic mass is 10.1. The van der Waals surface area contributed by atoms with Crippen molar-refractivity contribution in [1.82, 2.24) is 5.43 Å². The molecule has 0 unspecified atom stereocenters. The van der Waals surface area contributed by atoms with Crippen LogP contribution in [0.25, 0.3) is 0 Å². The average molecular weight is 473 g/mol. The van der Waals surface area contributed by atoms with Crippen LogP contribution in [0.4, 0.5) is 0 Å². The van der Waals surface area contributed by atoms with E-state index in [0.29, 0.717) is 35.2 Å². The second-order valence-corrected chi connectivity index (χ2v) is 7.59. The SMILES string of the molecule is CCCCCCCCOc1ccc(OCC(=O)N/N=C\c2ccc(OC)c(OC)c2OC)cc1. The van der Waals surface area contributed by atoms with Gasteiger partial charge in [0, 0.05) is 5.56 Å². The van der Waals surface area contributed by atoms with Crippen LogP contribution in [0.1, 0.15) is 51.0 Å². The van der Waals surface area contributed by atoms with Gasteiger partial charge in [0.1, 0.15) is 11.5 Å². The van der Waals surface area contributed by atoms with Gasteiger partial charge in [-0.15, -0.1) is 0 Å². The fourth-order valence-electron chi connectivity index (χ4n) is 3.29. The zero-order valence-corrected chi connectivity index (χ0v) is 20.6. The van der Waals surface area contributed by atoms with E-state index < -0.39 is 0 Å². The predicted octanol–water partition coefficient (Wildman–Crippen LogP) is 4.98. The third-order valence-corrected chi connectivity index (χ3v) is 5.09. The van der Waals surface area contributed by atoms with Gasteiger partial charge in [-0.25, -0.2) is 5.43 Å². The molecular formula is C26H36N2O6. The van der Waals surface area contributed by atoms with E-state index in [0.717, 1.165) is 12.2 Å². The van der Waals surface area contributed by atoms with Gasteiger partial charge in [-0.3, -0.25) is 4.79 Å². The molecule has 186 valence electrons. The zero-order valence-electron chi connectivity index (χ0n) is 20.6. The van der Waals surface area contributed by atoms with Gasteiger partial charge in [-0.2, -0.15) is 5.10 Å². The van der Waals surface area contributed by atoms with Crippen LogP contribution in [0.2, 0.25) is 0 Å². The highest BCUT2D eigenvalue weighted by Crippen LogP contribution is 2.38. The highest BCUT2D eigenvalue weighted by molar-refractivity contribution is 5.87. The third kappa shape index (κ3) is 8.84. The van der Waals surface area contributed by atoms with Crippen LogP contribution in [0.5, 0.6) is 28.7 Å². The molecule has 1 amide bonds. The fourth-order valence-corrected chi connectivity index (χ4v) is 3.29. The van der Waals surface area contributed by atoms with Crippen molar-refractivity contribution >= 4 is 12.1 Å². The van der Waals surface area contributed by atoms with Crippen LogP contribution < -0.4 is 29.1 Å². The van der Waals surface area contributed by atoms with Crippen molar-refractivity contribution in [2.24, 2.45) is 5.10 Å². The summed E-state index contributed by atoms with van der Waals surface area (Å²) in [6.45, 7) is 2.76. The largest absolute Gasteiger partial charge is 0.494 e. The molecule has 0 bridgehead atoms. The van der Waals surface area contributed by atoms with Crippen molar-refractivity contribution in [2.45, 2.75) is 45.4 Å². The molecule has 0 atom stereocenters. The number of hydrazone groups is 1. The summed E-state index contributed by atoms with van der Waals surface area (Å²) in [7, 11) is 4.59. The zero-order chi connectivity index (χ0) is 24.6. The minimum atomic E-state index is -0.390. The summed E-state index contributed by atoms with van der Waals surface area (Å²) in [4.78, 5) is 12.1. The van der Waals surface area contributed by atoms with Crippen LogP contribution in [-0.4, -0.2) is 46.7 Å². The van der Waals surface area contributed by atoms with Crippen molar-refractivity contribution in [2.75, 3.05) is 34.5 Å². The Morgan fingerprint density at radius 1 is 0.824 bits per heavy atom. The molecule has 1 N–H and O–H groups in total. The van der Waals surface area contributed by atoms with Gasteiger partial charge < -0.3 is 23.7 Å². The number of ether oxygens (including phenoxy) is 5. The number of benzene rings is 2. The first-order valence-corrected chi connectivity index (χ1v) is 11.6. The Kier molecular flexibility index (Phi) is 12.2. The maximum atomic E-state index is 12.1. The summed E-state index contributed by atoms with van der Waals surface area (Å²) in [5, 5.41) is 3.97. The molecule has 0 aromatic heterocycles. The van der Waals surface area contributed by atoms with E-state index in [-0.39, 0.29) is 12.5 Å². The molecule has 0 heterocycles. The van der Waals surface area contributed by atoms with Gasteiger partial charge in [0.15, 0.2) is 18.1 Å². The fraction of sp³-hybridized carbons (Fsp3) is 0.462. The number of carbonyl (C=O) groups excluding carboxylic acids is 1. The lowest BCUT2D eigenvalue weighted by Gasteiger charge is -2.13. The number of rotatable bonds is 16. The molecule has 0 radical (unpaired) electrons. The Morgan fingerprint density at radius 2 is 1.47 bits per heavy atom. The van der Waals surface area contributed by atoms with E-state index in [1.54, 1.807) is 31.4 Å². The second-order valence-electron chi connectivity index (χ2n) is 7.59.